The molecule has 43 heavy (non-hydrogen) atoms. The molecular formula is C29H30Cl2N8O4. The van der Waals surface area contributed by atoms with Gasteiger partial charge < -0.3 is 29.7 Å². The molecule has 3 aromatic heterocycles. The number of hydrogen-bond acceptors (Lipinski definition) is 11. The van der Waals surface area contributed by atoms with E-state index in [-0.39, 0.29) is 23.8 Å². The summed E-state index contributed by atoms with van der Waals surface area (Å²) in [6.07, 6.45) is 7.05. The zero-order chi connectivity index (χ0) is 30.1. The van der Waals surface area contributed by atoms with Crippen molar-refractivity contribution in [3.63, 3.8) is 0 Å². The molecule has 3 N–H and O–H groups in total. The molecule has 12 nitrogen and oxygen atoms in total. The number of fused-ring (bicyclic) bond motifs is 1. The van der Waals surface area contributed by atoms with Gasteiger partial charge in [-0.1, -0.05) is 29.8 Å². The third-order valence-electron chi connectivity index (χ3n) is 7.67. The Morgan fingerprint density at radius 2 is 1.91 bits per heavy atom. The largest absolute Gasteiger partial charge is 0.495 e. The van der Waals surface area contributed by atoms with Gasteiger partial charge in [-0.15, -0.1) is 0 Å². The molecule has 1 aromatic carbocycles. The van der Waals surface area contributed by atoms with Crippen molar-refractivity contribution in [2.45, 2.75) is 18.5 Å². The smallest absolute Gasteiger partial charge is 0.223 e. The van der Waals surface area contributed by atoms with Crippen molar-refractivity contribution in [1.29, 1.82) is 0 Å². The van der Waals surface area contributed by atoms with Crippen molar-refractivity contribution in [2.24, 2.45) is 5.92 Å². The van der Waals surface area contributed by atoms with E-state index in [0.29, 0.717) is 82.8 Å². The Morgan fingerprint density at radius 3 is 2.53 bits per heavy atom. The van der Waals surface area contributed by atoms with E-state index < -0.39 is 0 Å². The molecule has 5 heterocycles. The molecule has 2 fully saturated rings. The number of benzene rings is 1. The van der Waals surface area contributed by atoms with Gasteiger partial charge in [-0.3, -0.25) is 9.89 Å². The van der Waals surface area contributed by atoms with Crippen molar-refractivity contribution in [1.82, 2.24) is 25.1 Å². The number of carbonyl (C=O) groups excluding carboxylic acids is 1. The highest BCUT2D eigenvalue weighted by molar-refractivity contribution is 6.41. The Balaban J connectivity index is 1.38. The van der Waals surface area contributed by atoms with Crippen molar-refractivity contribution < 1.29 is 19.0 Å². The predicted molar refractivity (Wildman–Crippen MR) is 166 cm³/mol. The Kier molecular flexibility index (Phi) is 8.24. The minimum absolute atomic E-state index is 0.0113. The Hall–Kier alpha value is -4.13. The molecule has 0 spiro atoms. The van der Waals surface area contributed by atoms with Crippen molar-refractivity contribution in [2.75, 3.05) is 56.1 Å². The number of aromatic nitrogens is 5. The van der Waals surface area contributed by atoms with Crippen LogP contribution in [0.25, 0.3) is 22.2 Å². The topological polar surface area (TPSA) is 139 Å². The number of carbonyl (C=O) groups is 1. The summed E-state index contributed by atoms with van der Waals surface area (Å²) in [4.78, 5) is 28.9. The van der Waals surface area contributed by atoms with Gasteiger partial charge in [-0.2, -0.15) is 5.10 Å². The van der Waals surface area contributed by atoms with Gasteiger partial charge in [0.1, 0.15) is 17.0 Å². The molecule has 2 aliphatic heterocycles. The maximum Gasteiger partial charge on any atom is 0.223 e. The minimum atomic E-state index is -0.0956. The van der Waals surface area contributed by atoms with Crippen LogP contribution in [0.5, 0.6) is 11.5 Å². The number of hydrogen-bond donors (Lipinski definition) is 3. The zero-order valence-corrected chi connectivity index (χ0v) is 25.1. The first kappa shape index (κ1) is 29.0. The minimum Gasteiger partial charge on any atom is -0.495 e. The number of ether oxygens (including phenoxy) is 3. The molecule has 2 aliphatic rings. The van der Waals surface area contributed by atoms with Crippen molar-refractivity contribution in [3.05, 3.63) is 53.4 Å². The zero-order valence-electron chi connectivity index (χ0n) is 23.6. The van der Waals surface area contributed by atoms with E-state index in [9.17, 15) is 4.79 Å². The van der Waals surface area contributed by atoms with Crippen LogP contribution in [0.2, 0.25) is 10.0 Å². The van der Waals surface area contributed by atoms with Gasteiger partial charge in [-0.05, 0) is 12.1 Å². The lowest BCUT2D eigenvalue weighted by Gasteiger charge is -2.28. The number of aromatic amines is 1. The van der Waals surface area contributed by atoms with Gasteiger partial charge in [0.15, 0.2) is 11.6 Å². The fourth-order valence-corrected chi connectivity index (χ4v) is 6.03. The fraction of sp³-hybridized carbons (Fsp3) is 0.345. The SMILES string of the molecule is C=CC(=O)C[C@H]1CN(c2cn[nH]c2)C[C@H]1Nc1ncc2cc(-c3c(Cl)c(OC)cc(OC)c3Cl)nc(NC3COC3)c2n1. The van der Waals surface area contributed by atoms with Gasteiger partial charge >= 0.3 is 0 Å². The molecule has 2 atom stereocenters. The number of nitrogens with zero attached hydrogens (tertiary/aromatic N) is 5. The first-order valence-electron chi connectivity index (χ1n) is 13.7. The highest BCUT2D eigenvalue weighted by atomic mass is 35.5. The van der Waals surface area contributed by atoms with Gasteiger partial charge in [0.2, 0.25) is 5.95 Å². The second-order valence-electron chi connectivity index (χ2n) is 10.4. The van der Waals surface area contributed by atoms with Crippen molar-refractivity contribution in [3.8, 4) is 22.8 Å². The molecular weight excluding hydrogens is 595 g/mol. The number of pyridine rings is 1. The summed E-state index contributed by atoms with van der Waals surface area (Å²) in [6, 6.07) is 3.43. The average molecular weight is 626 g/mol. The van der Waals surface area contributed by atoms with E-state index in [1.165, 1.54) is 20.3 Å². The molecule has 0 aliphatic carbocycles. The first-order valence-corrected chi connectivity index (χ1v) is 14.4. The third kappa shape index (κ3) is 5.77. The molecule has 0 bridgehead atoms. The second-order valence-corrected chi connectivity index (χ2v) is 11.2. The van der Waals surface area contributed by atoms with Gasteiger partial charge in [0.25, 0.3) is 0 Å². The Labute approximate surface area is 257 Å². The summed E-state index contributed by atoms with van der Waals surface area (Å²) < 4.78 is 16.3. The average Bonchev–Trinajstić information content (AvgIpc) is 3.66. The highest BCUT2D eigenvalue weighted by Crippen LogP contribution is 2.46. The summed E-state index contributed by atoms with van der Waals surface area (Å²) in [5.41, 5.74) is 2.54. The van der Waals surface area contributed by atoms with Crippen molar-refractivity contribution >= 4 is 57.3 Å². The Bertz CT molecular complexity index is 1640. The number of ketones is 1. The monoisotopic (exact) mass is 624 g/mol. The van der Waals surface area contributed by atoms with Crippen LogP contribution in [-0.2, 0) is 9.53 Å². The third-order valence-corrected chi connectivity index (χ3v) is 8.42. The number of methoxy groups -OCH3 is 2. The molecule has 0 amide bonds. The van der Waals surface area contributed by atoms with E-state index in [2.05, 4.69) is 37.3 Å². The quantitative estimate of drug-likeness (QED) is 0.201. The number of H-pyrrole nitrogens is 1. The van der Waals surface area contributed by atoms with Gasteiger partial charge in [0.05, 0.1) is 67.1 Å². The van der Waals surface area contributed by atoms with E-state index >= 15 is 0 Å². The molecule has 224 valence electrons. The molecule has 6 rings (SSSR count). The summed E-state index contributed by atoms with van der Waals surface area (Å²) in [7, 11) is 3.05. The van der Waals surface area contributed by atoms with Crippen LogP contribution in [-0.4, -0.2) is 83.5 Å². The van der Waals surface area contributed by atoms with Gasteiger partial charge in [0, 0.05) is 54.8 Å². The summed E-state index contributed by atoms with van der Waals surface area (Å²) in [6.45, 7) is 6.05. The number of halogens is 2. The standard InChI is InChI=1S/C29H30Cl2N8O4/c1-4-19(40)5-16-11-39(18-9-33-34-10-18)12-21(16)37-29-32-8-15-6-20(36-28(27(15)38-29)35-17-13-43-14-17)24-25(30)22(41-2)7-23(42-3)26(24)31/h4,6-10,16-17,21H,1,5,11-14H2,2-3H3,(H,33,34)(H,35,36)(H,32,37,38)/t16-,21+/m0/s1. The van der Waals surface area contributed by atoms with Crippen LogP contribution in [0.1, 0.15) is 6.42 Å². The molecule has 14 heteroatoms. The van der Waals surface area contributed by atoms with Crippen LogP contribution in [0.4, 0.5) is 17.5 Å². The number of rotatable bonds is 11. The van der Waals surface area contributed by atoms with E-state index in [1.807, 2.05) is 12.3 Å². The predicted octanol–water partition coefficient (Wildman–Crippen LogP) is 4.61. The first-order chi connectivity index (χ1) is 20.9. The molecule has 2 saturated heterocycles. The van der Waals surface area contributed by atoms with E-state index in [0.717, 1.165) is 11.1 Å². The summed E-state index contributed by atoms with van der Waals surface area (Å²) in [5.74, 6) is 1.76. The maximum absolute atomic E-state index is 12.3. The van der Waals surface area contributed by atoms with Crippen LogP contribution in [0, 0.1) is 5.92 Å². The van der Waals surface area contributed by atoms with Gasteiger partial charge in [-0.25, -0.2) is 15.0 Å². The van der Waals surface area contributed by atoms with Crippen LogP contribution in [0.3, 0.4) is 0 Å². The molecule has 4 aromatic rings. The number of nitrogens with one attached hydrogen (secondary N) is 3. The normalized spacial score (nSPS) is 18.4. The van der Waals surface area contributed by atoms with Crippen LogP contribution in [0.15, 0.2) is 43.4 Å². The Morgan fingerprint density at radius 1 is 1.14 bits per heavy atom. The lowest BCUT2D eigenvalue weighted by molar-refractivity contribution is -0.115. The maximum atomic E-state index is 12.3. The van der Waals surface area contributed by atoms with Crippen LogP contribution < -0.4 is 25.0 Å². The van der Waals surface area contributed by atoms with Crippen LogP contribution >= 0.6 is 23.2 Å². The molecule has 0 saturated carbocycles. The second kappa shape index (κ2) is 12.2. The van der Waals surface area contributed by atoms with E-state index in [1.54, 1.807) is 18.5 Å². The number of anilines is 3. The van der Waals surface area contributed by atoms with E-state index in [4.69, 9.17) is 47.4 Å². The summed E-state index contributed by atoms with van der Waals surface area (Å²) >= 11 is 13.5. The lowest BCUT2D eigenvalue weighted by atomic mass is 9.97. The molecule has 0 radical (unpaired) electrons. The fourth-order valence-electron chi connectivity index (χ4n) is 5.34. The molecule has 0 unspecified atom stereocenters. The highest BCUT2D eigenvalue weighted by Gasteiger charge is 2.35. The lowest BCUT2D eigenvalue weighted by Crippen LogP contribution is -2.40. The summed E-state index contributed by atoms with van der Waals surface area (Å²) in [5, 5.41) is 15.2. The number of allylic oxidation sites excluding steroid dienone is 1.